The lowest BCUT2D eigenvalue weighted by Gasteiger charge is -2.02. The van der Waals surface area contributed by atoms with Crippen LogP contribution in [0.3, 0.4) is 0 Å². The van der Waals surface area contributed by atoms with E-state index in [0.717, 1.165) is 0 Å². The molecule has 0 aromatic carbocycles. The number of carbonyl (C=O) groups is 1. The number of rotatable bonds is 6. The van der Waals surface area contributed by atoms with Gasteiger partial charge in [0.25, 0.3) is 10.0 Å². The van der Waals surface area contributed by atoms with Crippen LogP contribution >= 0.6 is 0 Å². The van der Waals surface area contributed by atoms with Crippen LogP contribution in [0.2, 0.25) is 0 Å². The largest absolute Gasteiger partial charge is 0.481 e. The minimum Gasteiger partial charge on any atom is -0.481 e. The first kappa shape index (κ1) is 11.7. The highest BCUT2D eigenvalue weighted by molar-refractivity contribution is 7.89. The Kier molecular flexibility index (Phi) is 3.87. The van der Waals surface area contributed by atoms with Crippen molar-refractivity contribution in [3.63, 3.8) is 0 Å². The Bertz CT molecular complexity index is 408. The molecule has 1 aromatic rings. The van der Waals surface area contributed by atoms with Gasteiger partial charge in [-0.05, 0) is 18.6 Å². The lowest BCUT2D eigenvalue weighted by molar-refractivity contribution is -0.137. The van der Waals surface area contributed by atoms with Gasteiger partial charge in [0, 0.05) is 13.0 Å². The van der Waals surface area contributed by atoms with Crippen LogP contribution < -0.4 is 4.72 Å². The predicted molar refractivity (Wildman–Crippen MR) is 50.8 cm³/mol. The minimum atomic E-state index is -3.62. The summed E-state index contributed by atoms with van der Waals surface area (Å²) >= 11 is 0. The Hall–Kier alpha value is -1.34. The fourth-order valence-electron chi connectivity index (χ4n) is 0.934. The Labute approximate surface area is 87.0 Å². The summed E-state index contributed by atoms with van der Waals surface area (Å²) in [5.41, 5.74) is 0. The molecule has 0 atom stereocenters. The van der Waals surface area contributed by atoms with Gasteiger partial charge in [-0.3, -0.25) is 4.79 Å². The quantitative estimate of drug-likeness (QED) is 0.694. The zero-order valence-electron chi connectivity index (χ0n) is 7.84. The third-order valence-corrected chi connectivity index (χ3v) is 2.97. The maximum atomic E-state index is 11.4. The fourth-order valence-corrected chi connectivity index (χ4v) is 1.93. The van der Waals surface area contributed by atoms with Gasteiger partial charge in [-0.15, -0.1) is 0 Å². The van der Waals surface area contributed by atoms with Crippen LogP contribution in [0.5, 0.6) is 0 Å². The number of nitrogens with one attached hydrogen (secondary N) is 1. The average Bonchev–Trinajstić information content (AvgIpc) is 2.65. The molecular weight excluding hydrogens is 222 g/mol. The van der Waals surface area contributed by atoms with E-state index in [4.69, 9.17) is 9.52 Å². The smallest absolute Gasteiger partial charge is 0.303 e. The van der Waals surface area contributed by atoms with Crippen molar-refractivity contribution in [1.82, 2.24) is 4.72 Å². The van der Waals surface area contributed by atoms with Crippen LogP contribution in [-0.2, 0) is 14.8 Å². The van der Waals surface area contributed by atoms with Gasteiger partial charge in [0.1, 0.15) is 0 Å². The topological polar surface area (TPSA) is 96.6 Å². The van der Waals surface area contributed by atoms with E-state index >= 15 is 0 Å². The van der Waals surface area contributed by atoms with Gasteiger partial charge in [-0.25, -0.2) is 13.1 Å². The van der Waals surface area contributed by atoms with E-state index in [0.29, 0.717) is 0 Å². The molecule has 2 N–H and O–H groups in total. The van der Waals surface area contributed by atoms with E-state index in [1.54, 1.807) is 0 Å². The number of hydrogen-bond acceptors (Lipinski definition) is 4. The molecule has 0 fully saturated rings. The molecule has 84 valence electrons. The molecule has 1 heterocycles. The molecule has 1 rings (SSSR count). The van der Waals surface area contributed by atoms with Gasteiger partial charge in [-0.2, -0.15) is 0 Å². The average molecular weight is 233 g/mol. The van der Waals surface area contributed by atoms with Crippen LogP contribution in [0.1, 0.15) is 12.8 Å². The number of hydrogen-bond donors (Lipinski definition) is 2. The van der Waals surface area contributed by atoms with E-state index < -0.39 is 16.0 Å². The van der Waals surface area contributed by atoms with Crippen LogP contribution in [0.4, 0.5) is 0 Å². The molecule has 1 aromatic heterocycles. The second-order valence-electron chi connectivity index (χ2n) is 2.83. The van der Waals surface area contributed by atoms with Crippen LogP contribution in [0.25, 0.3) is 0 Å². The highest BCUT2D eigenvalue weighted by Crippen LogP contribution is 2.07. The molecule has 0 unspecified atom stereocenters. The van der Waals surface area contributed by atoms with Crippen LogP contribution in [0.15, 0.2) is 27.9 Å². The number of carboxylic acid groups (broad SMARTS) is 1. The molecule has 15 heavy (non-hydrogen) atoms. The lowest BCUT2D eigenvalue weighted by atomic mass is 10.3. The summed E-state index contributed by atoms with van der Waals surface area (Å²) in [6.45, 7) is 0.0787. The van der Waals surface area contributed by atoms with Gasteiger partial charge in [-0.1, -0.05) is 0 Å². The Morgan fingerprint density at radius 3 is 2.80 bits per heavy atom. The molecule has 0 spiro atoms. The summed E-state index contributed by atoms with van der Waals surface area (Å²) < 4.78 is 29.7. The molecule has 7 heteroatoms. The molecule has 0 amide bonds. The number of carboxylic acids is 1. The Morgan fingerprint density at radius 2 is 2.27 bits per heavy atom. The van der Waals surface area contributed by atoms with Crippen molar-refractivity contribution in [2.24, 2.45) is 0 Å². The van der Waals surface area contributed by atoms with Crippen LogP contribution in [-0.4, -0.2) is 26.0 Å². The van der Waals surface area contributed by atoms with E-state index in [9.17, 15) is 13.2 Å². The molecule has 0 aliphatic heterocycles. The number of sulfonamides is 1. The third-order valence-electron chi connectivity index (χ3n) is 1.62. The fraction of sp³-hybridized carbons (Fsp3) is 0.375. The predicted octanol–water partition coefficient (Wildman–Crippen LogP) is 0.423. The van der Waals surface area contributed by atoms with Crippen molar-refractivity contribution < 1.29 is 22.7 Å². The minimum absolute atomic E-state index is 0.0688. The van der Waals surface area contributed by atoms with Gasteiger partial charge in [0.05, 0.1) is 6.26 Å². The maximum absolute atomic E-state index is 11.4. The van der Waals surface area contributed by atoms with Crippen molar-refractivity contribution in [1.29, 1.82) is 0 Å². The second kappa shape index (κ2) is 4.94. The third kappa shape index (κ3) is 3.72. The summed E-state index contributed by atoms with van der Waals surface area (Å²) in [6, 6.07) is 2.78. The molecule has 0 saturated heterocycles. The summed E-state index contributed by atoms with van der Waals surface area (Å²) in [6.07, 6.45) is 1.43. The second-order valence-corrected chi connectivity index (χ2v) is 4.53. The summed E-state index contributed by atoms with van der Waals surface area (Å²) in [5.74, 6) is -0.952. The number of furan rings is 1. The Balaban J connectivity index is 2.42. The highest BCUT2D eigenvalue weighted by Gasteiger charge is 2.15. The Morgan fingerprint density at radius 1 is 1.53 bits per heavy atom. The molecule has 0 radical (unpaired) electrons. The van der Waals surface area contributed by atoms with Gasteiger partial charge < -0.3 is 9.52 Å². The van der Waals surface area contributed by atoms with Gasteiger partial charge in [0.15, 0.2) is 0 Å². The monoisotopic (exact) mass is 233 g/mol. The molecule has 0 bridgehead atoms. The van der Waals surface area contributed by atoms with Crippen molar-refractivity contribution in [3.05, 3.63) is 18.4 Å². The van der Waals surface area contributed by atoms with E-state index in [1.807, 2.05) is 0 Å². The van der Waals surface area contributed by atoms with Crippen molar-refractivity contribution in [3.8, 4) is 0 Å². The van der Waals surface area contributed by atoms with E-state index in [1.165, 1.54) is 18.4 Å². The lowest BCUT2D eigenvalue weighted by Crippen LogP contribution is -2.24. The highest BCUT2D eigenvalue weighted by atomic mass is 32.2. The van der Waals surface area contributed by atoms with E-state index in [-0.39, 0.29) is 24.5 Å². The van der Waals surface area contributed by atoms with Crippen molar-refractivity contribution >= 4 is 16.0 Å². The SMILES string of the molecule is O=C(O)CCCNS(=O)(=O)c1ccco1. The van der Waals surface area contributed by atoms with Crippen molar-refractivity contribution in [2.75, 3.05) is 6.54 Å². The summed E-state index contributed by atoms with van der Waals surface area (Å²) in [4.78, 5) is 10.2. The maximum Gasteiger partial charge on any atom is 0.303 e. The van der Waals surface area contributed by atoms with Gasteiger partial charge in [0.2, 0.25) is 5.09 Å². The summed E-state index contributed by atoms with van der Waals surface area (Å²) in [5, 5.41) is 8.16. The van der Waals surface area contributed by atoms with Crippen molar-refractivity contribution in [2.45, 2.75) is 17.9 Å². The zero-order chi connectivity index (χ0) is 11.3. The number of aliphatic carboxylic acids is 1. The standard InChI is InChI=1S/C8H11NO5S/c10-7(11)3-1-5-9-15(12,13)8-4-2-6-14-8/h2,4,6,9H,1,3,5H2,(H,10,11). The van der Waals surface area contributed by atoms with Gasteiger partial charge >= 0.3 is 5.97 Å². The summed E-state index contributed by atoms with van der Waals surface area (Å²) in [7, 11) is -3.62. The first-order valence-corrected chi connectivity index (χ1v) is 5.75. The molecule has 0 aliphatic rings. The first-order chi connectivity index (χ1) is 7.02. The first-order valence-electron chi connectivity index (χ1n) is 4.27. The molecule has 0 saturated carbocycles. The van der Waals surface area contributed by atoms with Crippen LogP contribution in [0, 0.1) is 0 Å². The zero-order valence-corrected chi connectivity index (χ0v) is 8.66. The van der Waals surface area contributed by atoms with E-state index in [2.05, 4.69) is 4.72 Å². The molecule has 6 nitrogen and oxygen atoms in total. The molecule has 0 aliphatic carbocycles. The normalized spacial score (nSPS) is 11.5. The molecular formula is C8H11NO5S.